The van der Waals surface area contributed by atoms with Crippen LogP contribution in [0.5, 0.6) is 0 Å². The molecule has 17 heavy (non-hydrogen) atoms. The number of rotatable bonds is 6. The minimum atomic E-state index is -2.88. The maximum absolute atomic E-state index is 11.6. The fourth-order valence-electron chi connectivity index (χ4n) is 2.80. The molecule has 1 fully saturated rings. The third kappa shape index (κ3) is 4.56. The molecule has 0 saturated heterocycles. The van der Waals surface area contributed by atoms with E-state index in [2.05, 4.69) is 5.32 Å². The Morgan fingerprint density at radius 2 is 2.12 bits per heavy atom. The van der Waals surface area contributed by atoms with Crippen molar-refractivity contribution >= 4 is 9.84 Å². The molecule has 1 aliphatic carbocycles. The molecule has 1 N–H and O–H groups in total. The largest absolute Gasteiger partial charge is 0.385 e. The molecule has 0 aromatic rings. The second kappa shape index (κ2) is 6.71. The van der Waals surface area contributed by atoms with Gasteiger partial charge in [0, 0.05) is 26.0 Å². The van der Waals surface area contributed by atoms with Crippen LogP contribution in [-0.2, 0) is 14.6 Å². The summed E-state index contributed by atoms with van der Waals surface area (Å²) in [6, 6.07) is 0.375. The van der Waals surface area contributed by atoms with Gasteiger partial charge in [0.15, 0.2) is 0 Å². The van der Waals surface area contributed by atoms with Gasteiger partial charge >= 0.3 is 0 Å². The van der Waals surface area contributed by atoms with Crippen LogP contribution >= 0.6 is 0 Å². The van der Waals surface area contributed by atoms with Crippen molar-refractivity contribution in [2.75, 3.05) is 27.0 Å². The van der Waals surface area contributed by atoms with Crippen molar-refractivity contribution in [1.29, 1.82) is 0 Å². The molecule has 1 aliphatic rings. The molecule has 1 rings (SSSR count). The van der Waals surface area contributed by atoms with E-state index in [1.807, 2.05) is 7.05 Å². The molecule has 3 unspecified atom stereocenters. The molecule has 0 aromatic carbocycles. The lowest BCUT2D eigenvalue weighted by Crippen LogP contribution is -2.40. The van der Waals surface area contributed by atoms with Gasteiger partial charge in [-0.15, -0.1) is 0 Å². The lowest BCUT2D eigenvalue weighted by molar-refractivity contribution is 0.162. The molecular weight excluding hydrogens is 238 g/mol. The van der Waals surface area contributed by atoms with Gasteiger partial charge in [0.1, 0.15) is 9.84 Å². The standard InChI is InChI=1S/C12H25NO3S/c1-13-12(7-8-16-2)10-5-4-6-11(9-10)17(3,14)15/h10-13H,4-9H2,1-3H3. The lowest BCUT2D eigenvalue weighted by Gasteiger charge is -2.33. The van der Waals surface area contributed by atoms with Crippen LogP contribution in [-0.4, -0.2) is 46.7 Å². The summed E-state index contributed by atoms with van der Waals surface area (Å²) in [6.45, 7) is 0.728. The van der Waals surface area contributed by atoms with Crippen LogP contribution in [0.1, 0.15) is 32.1 Å². The van der Waals surface area contributed by atoms with Gasteiger partial charge in [-0.25, -0.2) is 8.42 Å². The second-order valence-electron chi connectivity index (χ2n) is 5.05. The highest BCUT2D eigenvalue weighted by atomic mass is 32.2. The maximum Gasteiger partial charge on any atom is 0.150 e. The highest BCUT2D eigenvalue weighted by Crippen LogP contribution is 2.31. The van der Waals surface area contributed by atoms with E-state index in [9.17, 15) is 8.42 Å². The van der Waals surface area contributed by atoms with Gasteiger partial charge in [-0.3, -0.25) is 0 Å². The Labute approximate surface area is 105 Å². The van der Waals surface area contributed by atoms with Crippen LogP contribution in [0.3, 0.4) is 0 Å². The number of methoxy groups -OCH3 is 1. The van der Waals surface area contributed by atoms with Gasteiger partial charge < -0.3 is 10.1 Å². The summed E-state index contributed by atoms with van der Waals surface area (Å²) in [4.78, 5) is 0. The minimum absolute atomic E-state index is 0.139. The molecule has 4 nitrogen and oxygen atoms in total. The number of sulfone groups is 1. The maximum atomic E-state index is 11.6. The van der Waals surface area contributed by atoms with Gasteiger partial charge in [-0.2, -0.15) is 0 Å². The topological polar surface area (TPSA) is 55.4 Å². The molecule has 102 valence electrons. The van der Waals surface area contributed by atoms with Crippen LogP contribution in [0.2, 0.25) is 0 Å². The van der Waals surface area contributed by atoms with E-state index in [4.69, 9.17) is 4.74 Å². The van der Waals surface area contributed by atoms with Gasteiger partial charge in [0.05, 0.1) is 5.25 Å². The van der Waals surface area contributed by atoms with Crippen molar-refractivity contribution in [3.63, 3.8) is 0 Å². The summed E-state index contributed by atoms with van der Waals surface area (Å²) in [5.74, 6) is 0.462. The zero-order chi connectivity index (χ0) is 12.9. The van der Waals surface area contributed by atoms with Crippen molar-refractivity contribution in [2.24, 2.45) is 5.92 Å². The minimum Gasteiger partial charge on any atom is -0.385 e. The zero-order valence-electron chi connectivity index (χ0n) is 11.1. The number of hydrogen-bond acceptors (Lipinski definition) is 4. The van der Waals surface area contributed by atoms with Gasteiger partial charge in [-0.05, 0) is 38.6 Å². The highest BCUT2D eigenvalue weighted by molar-refractivity contribution is 7.91. The first-order valence-electron chi connectivity index (χ1n) is 6.34. The van der Waals surface area contributed by atoms with Gasteiger partial charge in [-0.1, -0.05) is 6.42 Å². The molecular formula is C12H25NO3S. The molecule has 0 spiro atoms. The Balaban J connectivity index is 2.58. The third-order valence-corrected chi connectivity index (χ3v) is 5.48. The van der Waals surface area contributed by atoms with Crippen LogP contribution < -0.4 is 5.32 Å². The number of hydrogen-bond donors (Lipinski definition) is 1. The SMILES string of the molecule is CNC(CCOC)C1CCCC(S(C)(=O)=O)C1. The Morgan fingerprint density at radius 3 is 2.65 bits per heavy atom. The molecule has 0 aromatic heterocycles. The van der Waals surface area contributed by atoms with E-state index >= 15 is 0 Å². The molecule has 1 saturated carbocycles. The highest BCUT2D eigenvalue weighted by Gasteiger charge is 2.32. The first-order chi connectivity index (χ1) is 7.99. The van der Waals surface area contributed by atoms with Crippen molar-refractivity contribution < 1.29 is 13.2 Å². The fourth-order valence-corrected chi connectivity index (χ4v) is 3.99. The Kier molecular flexibility index (Phi) is 5.89. The lowest BCUT2D eigenvalue weighted by atomic mass is 9.82. The molecule has 0 aliphatic heterocycles. The van der Waals surface area contributed by atoms with Crippen LogP contribution in [0.15, 0.2) is 0 Å². The second-order valence-corrected chi connectivity index (χ2v) is 7.38. The third-order valence-electron chi connectivity index (χ3n) is 3.84. The molecule has 5 heteroatoms. The molecule has 3 atom stereocenters. The van der Waals surface area contributed by atoms with E-state index in [1.165, 1.54) is 6.26 Å². The van der Waals surface area contributed by atoms with E-state index in [1.54, 1.807) is 7.11 Å². The summed E-state index contributed by atoms with van der Waals surface area (Å²) in [6.07, 6.45) is 6.09. The zero-order valence-corrected chi connectivity index (χ0v) is 11.9. The van der Waals surface area contributed by atoms with Crippen LogP contribution in [0.4, 0.5) is 0 Å². The van der Waals surface area contributed by atoms with E-state index in [0.717, 1.165) is 38.7 Å². The fraction of sp³-hybridized carbons (Fsp3) is 1.00. The van der Waals surface area contributed by atoms with Gasteiger partial charge in [0.2, 0.25) is 0 Å². The average molecular weight is 263 g/mol. The summed E-state index contributed by atoms with van der Waals surface area (Å²) in [5.41, 5.74) is 0. The summed E-state index contributed by atoms with van der Waals surface area (Å²) in [7, 11) is 0.770. The van der Waals surface area contributed by atoms with Crippen LogP contribution in [0.25, 0.3) is 0 Å². The Morgan fingerprint density at radius 1 is 1.41 bits per heavy atom. The first-order valence-corrected chi connectivity index (χ1v) is 8.29. The Bertz CT molecular complexity index is 316. The van der Waals surface area contributed by atoms with E-state index in [0.29, 0.717) is 12.0 Å². The summed E-state index contributed by atoms with van der Waals surface area (Å²) in [5, 5.41) is 3.16. The van der Waals surface area contributed by atoms with Crippen molar-refractivity contribution in [3.8, 4) is 0 Å². The quantitative estimate of drug-likeness (QED) is 0.783. The van der Waals surface area contributed by atoms with Crippen LogP contribution in [0, 0.1) is 5.92 Å². The monoisotopic (exact) mass is 263 g/mol. The van der Waals surface area contributed by atoms with Gasteiger partial charge in [0.25, 0.3) is 0 Å². The average Bonchev–Trinajstić information content (AvgIpc) is 2.29. The Hall–Kier alpha value is -0.130. The van der Waals surface area contributed by atoms with E-state index in [-0.39, 0.29) is 5.25 Å². The summed E-state index contributed by atoms with van der Waals surface area (Å²) < 4.78 is 28.3. The number of nitrogens with one attached hydrogen (secondary N) is 1. The smallest absolute Gasteiger partial charge is 0.150 e. The first kappa shape index (κ1) is 14.9. The molecule has 0 heterocycles. The van der Waals surface area contributed by atoms with Crippen molar-refractivity contribution in [3.05, 3.63) is 0 Å². The molecule has 0 bridgehead atoms. The predicted octanol–water partition coefficient (Wildman–Crippen LogP) is 1.21. The van der Waals surface area contributed by atoms with E-state index < -0.39 is 9.84 Å². The summed E-state index contributed by atoms with van der Waals surface area (Å²) >= 11 is 0. The molecule has 0 amide bonds. The number of ether oxygens (including phenoxy) is 1. The predicted molar refractivity (Wildman–Crippen MR) is 69.9 cm³/mol. The normalized spacial score (nSPS) is 27.9. The van der Waals surface area contributed by atoms with Crippen molar-refractivity contribution in [1.82, 2.24) is 5.32 Å². The van der Waals surface area contributed by atoms with Crippen molar-refractivity contribution in [2.45, 2.75) is 43.4 Å². The molecule has 0 radical (unpaired) electrons.